The molecule has 2 aromatic rings. The Labute approximate surface area is 135 Å². The molecule has 2 heteroatoms. The Balaban J connectivity index is 0.00000116. The van der Waals surface area contributed by atoms with Crippen molar-refractivity contribution in [1.82, 2.24) is 0 Å². The first-order valence-electron chi connectivity index (χ1n) is 8.23. The second-order valence-corrected chi connectivity index (χ2v) is 5.30. The van der Waals surface area contributed by atoms with Crippen molar-refractivity contribution in [2.24, 2.45) is 11.7 Å². The van der Waals surface area contributed by atoms with Gasteiger partial charge in [-0.05, 0) is 48.6 Å². The topological polar surface area (TPSA) is 35.2 Å². The fourth-order valence-electron chi connectivity index (χ4n) is 2.02. The van der Waals surface area contributed by atoms with Crippen molar-refractivity contribution < 1.29 is 4.74 Å². The first-order valence-corrected chi connectivity index (χ1v) is 8.23. The van der Waals surface area contributed by atoms with Gasteiger partial charge in [-0.25, -0.2) is 0 Å². The standard InChI is InChI=1S/C18H23NO.C2H6/c1-15(13-19)7-8-16-9-11-18(12-10-16)20-14-17-5-3-2-4-6-17;1-2/h2-6,9-12,15H,7-8,13-14,19H2,1H3;1-2H3. The number of hydrogen-bond acceptors (Lipinski definition) is 2. The lowest BCUT2D eigenvalue weighted by Crippen LogP contribution is -2.11. The third-order valence-corrected chi connectivity index (χ3v) is 3.50. The normalized spacial score (nSPS) is 11.3. The lowest BCUT2D eigenvalue weighted by Gasteiger charge is -2.09. The van der Waals surface area contributed by atoms with Crippen LogP contribution in [0, 0.1) is 5.92 Å². The van der Waals surface area contributed by atoms with Gasteiger partial charge < -0.3 is 10.5 Å². The number of aryl methyl sites for hydroxylation is 1. The summed E-state index contributed by atoms with van der Waals surface area (Å²) in [7, 11) is 0. The van der Waals surface area contributed by atoms with Crippen LogP contribution >= 0.6 is 0 Å². The first kappa shape index (κ1) is 18.2. The maximum absolute atomic E-state index is 5.77. The van der Waals surface area contributed by atoms with Gasteiger partial charge in [-0.2, -0.15) is 0 Å². The molecule has 2 nitrogen and oxygen atoms in total. The number of benzene rings is 2. The van der Waals surface area contributed by atoms with Gasteiger partial charge in [0.25, 0.3) is 0 Å². The highest BCUT2D eigenvalue weighted by molar-refractivity contribution is 5.28. The summed E-state index contributed by atoms with van der Waals surface area (Å²) in [4.78, 5) is 0. The van der Waals surface area contributed by atoms with Crippen molar-refractivity contribution in [3.8, 4) is 5.75 Å². The van der Waals surface area contributed by atoms with Crippen molar-refractivity contribution in [1.29, 1.82) is 0 Å². The van der Waals surface area contributed by atoms with Gasteiger partial charge in [0, 0.05) is 0 Å². The highest BCUT2D eigenvalue weighted by Crippen LogP contribution is 2.16. The summed E-state index contributed by atoms with van der Waals surface area (Å²) in [5.74, 6) is 1.51. The molecule has 0 saturated heterocycles. The van der Waals surface area contributed by atoms with E-state index in [-0.39, 0.29) is 0 Å². The van der Waals surface area contributed by atoms with E-state index < -0.39 is 0 Å². The van der Waals surface area contributed by atoms with Crippen LogP contribution in [0.25, 0.3) is 0 Å². The zero-order chi connectivity index (χ0) is 16.2. The van der Waals surface area contributed by atoms with Crippen molar-refractivity contribution in [2.45, 2.75) is 40.2 Å². The van der Waals surface area contributed by atoms with E-state index in [0.717, 1.165) is 25.1 Å². The zero-order valence-electron chi connectivity index (χ0n) is 14.1. The molecular weight excluding hydrogens is 270 g/mol. The van der Waals surface area contributed by atoms with E-state index in [4.69, 9.17) is 10.5 Å². The summed E-state index contributed by atoms with van der Waals surface area (Å²) in [5.41, 5.74) is 8.17. The Hall–Kier alpha value is -1.80. The number of ether oxygens (including phenoxy) is 1. The van der Waals surface area contributed by atoms with Crippen LogP contribution in [0.15, 0.2) is 54.6 Å². The minimum Gasteiger partial charge on any atom is -0.489 e. The van der Waals surface area contributed by atoms with E-state index in [1.54, 1.807) is 0 Å². The average Bonchev–Trinajstić information content (AvgIpc) is 2.61. The summed E-state index contributed by atoms with van der Waals surface area (Å²) in [6.45, 7) is 7.57. The molecule has 2 N–H and O–H groups in total. The largest absolute Gasteiger partial charge is 0.489 e. The lowest BCUT2D eigenvalue weighted by atomic mass is 10.0. The summed E-state index contributed by atoms with van der Waals surface area (Å²) >= 11 is 0. The molecule has 2 rings (SSSR count). The van der Waals surface area contributed by atoms with E-state index in [1.807, 2.05) is 44.2 Å². The minimum atomic E-state index is 0.587. The van der Waals surface area contributed by atoms with Crippen LogP contribution in [-0.2, 0) is 13.0 Å². The van der Waals surface area contributed by atoms with Gasteiger partial charge in [-0.15, -0.1) is 0 Å². The first-order chi connectivity index (χ1) is 10.8. The molecule has 1 unspecified atom stereocenters. The molecule has 0 bridgehead atoms. The molecule has 0 aliphatic heterocycles. The van der Waals surface area contributed by atoms with E-state index in [2.05, 4.69) is 31.2 Å². The van der Waals surface area contributed by atoms with Gasteiger partial charge in [0.1, 0.15) is 12.4 Å². The smallest absolute Gasteiger partial charge is 0.119 e. The molecule has 0 aliphatic carbocycles. The Morgan fingerprint density at radius 1 is 0.909 bits per heavy atom. The molecule has 0 amide bonds. The zero-order valence-corrected chi connectivity index (χ0v) is 14.1. The van der Waals surface area contributed by atoms with Crippen molar-refractivity contribution >= 4 is 0 Å². The second kappa shape index (κ2) is 10.9. The molecule has 0 heterocycles. The quantitative estimate of drug-likeness (QED) is 0.795. The van der Waals surface area contributed by atoms with Gasteiger partial charge >= 0.3 is 0 Å². The van der Waals surface area contributed by atoms with Gasteiger partial charge in [0.05, 0.1) is 0 Å². The van der Waals surface area contributed by atoms with E-state index >= 15 is 0 Å². The Kier molecular flexibility index (Phi) is 9.01. The molecule has 22 heavy (non-hydrogen) atoms. The highest BCUT2D eigenvalue weighted by atomic mass is 16.5. The third-order valence-electron chi connectivity index (χ3n) is 3.50. The molecular formula is C20H29NO. The lowest BCUT2D eigenvalue weighted by molar-refractivity contribution is 0.306. The van der Waals surface area contributed by atoms with Crippen LogP contribution in [0.4, 0.5) is 0 Å². The fourth-order valence-corrected chi connectivity index (χ4v) is 2.02. The van der Waals surface area contributed by atoms with Crippen LogP contribution in [0.1, 0.15) is 38.3 Å². The Morgan fingerprint density at radius 3 is 2.14 bits per heavy atom. The number of rotatable bonds is 7. The Bertz CT molecular complexity index is 493. The van der Waals surface area contributed by atoms with Gasteiger partial charge in [-0.3, -0.25) is 0 Å². The third kappa shape index (κ3) is 6.77. The van der Waals surface area contributed by atoms with Crippen LogP contribution < -0.4 is 10.5 Å². The van der Waals surface area contributed by atoms with Gasteiger partial charge in [-0.1, -0.05) is 63.2 Å². The van der Waals surface area contributed by atoms with Crippen LogP contribution in [0.5, 0.6) is 5.75 Å². The molecule has 120 valence electrons. The molecule has 0 saturated carbocycles. The summed E-state index contributed by atoms with van der Waals surface area (Å²) < 4.78 is 5.77. The molecule has 0 fully saturated rings. The van der Waals surface area contributed by atoms with Gasteiger partial charge in [0.2, 0.25) is 0 Å². The highest BCUT2D eigenvalue weighted by Gasteiger charge is 2.01. The molecule has 2 aromatic carbocycles. The Morgan fingerprint density at radius 2 is 1.55 bits per heavy atom. The fraction of sp³-hybridized carbons (Fsp3) is 0.400. The summed E-state index contributed by atoms with van der Waals surface area (Å²) in [6.07, 6.45) is 2.22. The van der Waals surface area contributed by atoms with Crippen molar-refractivity contribution in [3.05, 3.63) is 65.7 Å². The number of hydrogen-bond donors (Lipinski definition) is 1. The second-order valence-electron chi connectivity index (χ2n) is 5.30. The summed E-state index contributed by atoms with van der Waals surface area (Å²) in [5, 5.41) is 0. The van der Waals surface area contributed by atoms with E-state index in [1.165, 1.54) is 11.1 Å². The van der Waals surface area contributed by atoms with Crippen LogP contribution in [0.3, 0.4) is 0 Å². The SMILES string of the molecule is CC.CC(CN)CCc1ccc(OCc2ccccc2)cc1. The molecule has 1 atom stereocenters. The molecule has 0 aromatic heterocycles. The number of nitrogens with two attached hydrogens (primary N) is 1. The van der Waals surface area contributed by atoms with Crippen LogP contribution in [0.2, 0.25) is 0 Å². The molecule has 0 radical (unpaired) electrons. The maximum Gasteiger partial charge on any atom is 0.119 e. The molecule has 0 spiro atoms. The summed E-state index contributed by atoms with van der Waals surface area (Å²) in [6, 6.07) is 18.6. The minimum absolute atomic E-state index is 0.587. The van der Waals surface area contributed by atoms with E-state index in [0.29, 0.717) is 12.5 Å². The van der Waals surface area contributed by atoms with Crippen LogP contribution in [-0.4, -0.2) is 6.54 Å². The molecule has 0 aliphatic rings. The predicted molar refractivity (Wildman–Crippen MR) is 95.1 cm³/mol. The van der Waals surface area contributed by atoms with Crippen molar-refractivity contribution in [3.63, 3.8) is 0 Å². The van der Waals surface area contributed by atoms with Gasteiger partial charge in [0.15, 0.2) is 0 Å². The van der Waals surface area contributed by atoms with Crippen molar-refractivity contribution in [2.75, 3.05) is 6.54 Å². The average molecular weight is 299 g/mol. The maximum atomic E-state index is 5.77. The predicted octanol–water partition coefficient (Wildman–Crippen LogP) is 4.82. The monoisotopic (exact) mass is 299 g/mol. The van der Waals surface area contributed by atoms with E-state index in [9.17, 15) is 0 Å².